The van der Waals surface area contributed by atoms with Crippen molar-refractivity contribution in [3.05, 3.63) is 47.8 Å². The second-order valence-electron chi connectivity index (χ2n) is 4.34. The fraction of sp³-hybridized carbons (Fsp3) is 0.250. The summed E-state index contributed by atoms with van der Waals surface area (Å²) in [7, 11) is 3.10. The van der Waals surface area contributed by atoms with Crippen LogP contribution in [-0.2, 0) is 6.54 Å². The fourth-order valence-corrected chi connectivity index (χ4v) is 2.00. The van der Waals surface area contributed by atoms with Crippen molar-refractivity contribution in [3.63, 3.8) is 0 Å². The van der Waals surface area contributed by atoms with Gasteiger partial charge in [-0.15, -0.1) is 0 Å². The molecule has 0 fully saturated rings. The Labute approximate surface area is 123 Å². The summed E-state index contributed by atoms with van der Waals surface area (Å²) in [4.78, 5) is 12.2. The minimum atomic E-state index is -0.0974. The molecule has 0 saturated carbocycles. The maximum Gasteiger partial charge on any atom is 0.186 e. The van der Waals surface area contributed by atoms with Crippen LogP contribution in [0, 0.1) is 0 Å². The molecule has 0 aliphatic heterocycles. The predicted octanol–water partition coefficient (Wildman–Crippen LogP) is 2.82. The third-order valence-electron chi connectivity index (χ3n) is 3.12. The molecule has 21 heavy (non-hydrogen) atoms. The Kier molecular flexibility index (Phi) is 4.77. The Balaban J connectivity index is 2.20. The van der Waals surface area contributed by atoms with Crippen molar-refractivity contribution < 1.29 is 14.3 Å². The molecule has 2 rings (SSSR count). The second-order valence-corrected chi connectivity index (χ2v) is 4.34. The first kappa shape index (κ1) is 14.8. The standard InChI is InChI=1S/C16H18N2O3/c1-4-18-13(9-10-17-18)6-7-14(19)12-5-8-15(20-2)16(11-12)21-3/h5-11H,4H2,1-3H3/b7-6+. The summed E-state index contributed by atoms with van der Waals surface area (Å²) in [6, 6.07) is 6.96. The number of allylic oxidation sites excluding steroid dienone is 1. The lowest BCUT2D eigenvalue weighted by atomic mass is 10.1. The zero-order valence-electron chi connectivity index (χ0n) is 12.4. The van der Waals surface area contributed by atoms with Crippen LogP contribution in [0.1, 0.15) is 23.0 Å². The molecule has 1 heterocycles. The van der Waals surface area contributed by atoms with E-state index in [9.17, 15) is 4.79 Å². The van der Waals surface area contributed by atoms with Crippen molar-refractivity contribution >= 4 is 11.9 Å². The van der Waals surface area contributed by atoms with Gasteiger partial charge in [-0.05, 0) is 43.3 Å². The van der Waals surface area contributed by atoms with Crippen LogP contribution in [0.4, 0.5) is 0 Å². The molecule has 0 radical (unpaired) electrons. The smallest absolute Gasteiger partial charge is 0.186 e. The molecule has 1 aromatic carbocycles. The highest BCUT2D eigenvalue weighted by Gasteiger charge is 2.08. The number of rotatable bonds is 6. The van der Waals surface area contributed by atoms with E-state index < -0.39 is 0 Å². The van der Waals surface area contributed by atoms with Crippen molar-refractivity contribution in [2.45, 2.75) is 13.5 Å². The molecule has 0 aliphatic rings. The van der Waals surface area contributed by atoms with E-state index >= 15 is 0 Å². The van der Waals surface area contributed by atoms with Gasteiger partial charge in [0.15, 0.2) is 17.3 Å². The highest BCUT2D eigenvalue weighted by Crippen LogP contribution is 2.27. The summed E-state index contributed by atoms with van der Waals surface area (Å²) in [5, 5.41) is 4.15. The largest absolute Gasteiger partial charge is 0.493 e. The molecule has 0 atom stereocenters. The lowest BCUT2D eigenvalue weighted by Gasteiger charge is -2.08. The van der Waals surface area contributed by atoms with Gasteiger partial charge in [0, 0.05) is 18.3 Å². The number of carbonyl (C=O) groups is 1. The number of ketones is 1. The predicted molar refractivity (Wildman–Crippen MR) is 80.8 cm³/mol. The molecule has 0 bridgehead atoms. The number of hydrogen-bond donors (Lipinski definition) is 0. The number of carbonyl (C=O) groups excluding carboxylic acids is 1. The summed E-state index contributed by atoms with van der Waals surface area (Å²) >= 11 is 0. The number of aromatic nitrogens is 2. The molecular formula is C16H18N2O3. The van der Waals surface area contributed by atoms with Gasteiger partial charge in [0.2, 0.25) is 0 Å². The Morgan fingerprint density at radius 1 is 1.24 bits per heavy atom. The van der Waals surface area contributed by atoms with Crippen LogP contribution in [0.15, 0.2) is 36.5 Å². The van der Waals surface area contributed by atoms with Gasteiger partial charge in [-0.1, -0.05) is 0 Å². The average molecular weight is 286 g/mol. The summed E-state index contributed by atoms with van der Waals surface area (Å²) in [6.07, 6.45) is 5.00. The third-order valence-corrected chi connectivity index (χ3v) is 3.12. The van der Waals surface area contributed by atoms with Gasteiger partial charge in [0.1, 0.15) is 0 Å². The van der Waals surface area contributed by atoms with E-state index in [0.717, 1.165) is 12.2 Å². The highest BCUT2D eigenvalue weighted by molar-refractivity contribution is 6.07. The van der Waals surface area contributed by atoms with Crippen LogP contribution >= 0.6 is 0 Å². The molecule has 0 spiro atoms. The number of methoxy groups -OCH3 is 2. The Hall–Kier alpha value is -2.56. The monoisotopic (exact) mass is 286 g/mol. The molecule has 2 aromatic rings. The van der Waals surface area contributed by atoms with Crippen LogP contribution in [0.2, 0.25) is 0 Å². The minimum Gasteiger partial charge on any atom is -0.493 e. The average Bonchev–Trinajstić information content (AvgIpc) is 2.99. The van der Waals surface area contributed by atoms with E-state index in [4.69, 9.17) is 9.47 Å². The van der Waals surface area contributed by atoms with Crippen molar-refractivity contribution in [1.82, 2.24) is 9.78 Å². The van der Waals surface area contributed by atoms with Crippen LogP contribution in [0.3, 0.4) is 0 Å². The lowest BCUT2D eigenvalue weighted by molar-refractivity contribution is 0.104. The molecule has 0 N–H and O–H groups in total. The third kappa shape index (κ3) is 3.31. The topological polar surface area (TPSA) is 53.4 Å². The second kappa shape index (κ2) is 6.74. The first-order valence-corrected chi connectivity index (χ1v) is 6.65. The fourth-order valence-electron chi connectivity index (χ4n) is 2.00. The molecule has 1 aromatic heterocycles. The van der Waals surface area contributed by atoms with Crippen molar-refractivity contribution in [2.75, 3.05) is 14.2 Å². The highest BCUT2D eigenvalue weighted by atomic mass is 16.5. The number of nitrogens with zero attached hydrogens (tertiary/aromatic N) is 2. The lowest BCUT2D eigenvalue weighted by Crippen LogP contribution is -2.00. The van der Waals surface area contributed by atoms with E-state index in [0.29, 0.717) is 17.1 Å². The quantitative estimate of drug-likeness (QED) is 0.605. The van der Waals surface area contributed by atoms with E-state index in [-0.39, 0.29) is 5.78 Å². The molecule has 5 nitrogen and oxygen atoms in total. The molecule has 0 saturated heterocycles. The van der Waals surface area contributed by atoms with Gasteiger partial charge in [0.25, 0.3) is 0 Å². The molecule has 110 valence electrons. The van der Waals surface area contributed by atoms with E-state index in [1.807, 2.05) is 17.7 Å². The molecule has 0 amide bonds. The van der Waals surface area contributed by atoms with E-state index in [1.54, 1.807) is 44.7 Å². The maximum atomic E-state index is 12.2. The Morgan fingerprint density at radius 3 is 2.67 bits per heavy atom. The van der Waals surface area contributed by atoms with Gasteiger partial charge < -0.3 is 9.47 Å². The number of hydrogen-bond acceptors (Lipinski definition) is 4. The van der Waals surface area contributed by atoms with Gasteiger partial charge in [-0.3, -0.25) is 9.48 Å². The van der Waals surface area contributed by atoms with Gasteiger partial charge in [-0.2, -0.15) is 5.10 Å². The molecular weight excluding hydrogens is 268 g/mol. The van der Waals surface area contributed by atoms with Crippen LogP contribution in [-0.4, -0.2) is 29.8 Å². The zero-order chi connectivity index (χ0) is 15.2. The zero-order valence-corrected chi connectivity index (χ0v) is 12.4. The SMILES string of the molecule is CCn1nccc1/C=C/C(=O)c1ccc(OC)c(OC)c1. The molecule has 0 aliphatic carbocycles. The normalized spacial score (nSPS) is 10.8. The summed E-state index contributed by atoms with van der Waals surface area (Å²) < 4.78 is 12.2. The van der Waals surface area contributed by atoms with Crippen molar-refractivity contribution in [1.29, 1.82) is 0 Å². The van der Waals surface area contributed by atoms with Crippen LogP contribution < -0.4 is 9.47 Å². The van der Waals surface area contributed by atoms with Gasteiger partial charge in [0.05, 0.1) is 19.9 Å². The number of benzene rings is 1. The van der Waals surface area contributed by atoms with Crippen molar-refractivity contribution in [2.24, 2.45) is 0 Å². The van der Waals surface area contributed by atoms with E-state index in [1.165, 1.54) is 6.08 Å². The van der Waals surface area contributed by atoms with E-state index in [2.05, 4.69) is 5.10 Å². The minimum absolute atomic E-state index is 0.0974. The molecule has 0 unspecified atom stereocenters. The number of aryl methyl sites for hydroxylation is 1. The first-order chi connectivity index (χ1) is 10.2. The first-order valence-electron chi connectivity index (χ1n) is 6.65. The Morgan fingerprint density at radius 2 is 2.00 bits per heavy atom. The van der Waals surface area contributed by atoms with Crippen LogP contribution in [0.25, 0.3) is 6.08 Å². The van der Waals surface area contributed by atoms with Gasteiger partial charge in [-0.25, -0.2) is 0 Å². The summed E-state index contributed by atoms with van der Waals surface area (Å²) in [5.74, 6) is 1.04. The Bertz CT molecular complexity index is 659. The number of ether oxygens (including phenoxy) is 2. The van der Waals surface area contributed by atoms with Gasteiger partial charge >= 0.3 is 0 Å². The van der Waals surface area contributed by atoms with Crippen LogP contribution in [0.5, 0.6) is 11.5 Å². The summed E-state index contributed by atoms with van der Waals surface area (Å²) in [5.41, 5.74) is 1.44. The van der Waals surface area contributed by atoms with Crippen molar-refractivity contribution in [3.8, 4) is 11.5 Å². The summed E-state index contributed by atoms with van der Waals surface area (Å²) in [6.45, 7) is 2.76. The maximum absolute atomic E-state index is 12.2. The molecule has 5 heteroatoms.